The van der Waals surface area contributed by atoms with Crippen LogP contribution in [0, 0.1) is 0 Å². The van der Waals surface area contributed by atoms with Crippen molar-refractivity contribution in [2.24, 2.45) is 0 Å². The van der Waals surface area contributed by atoms with Crippen molar-refractivity contribution in [2.45, 2.75) is 48.3 Å². The zero-order valence-corrected chi connectivity index (χ0v) is 16.2. The molecule has 0 radical (unpaired) electrons. The molecular weight excluding hydrogens is 370 g/mol. The maximum Gasteiger partial charge on any atom is 0.242 e. The van der Waals surface area contributed by atoms with Crippen molar-refractivity contribution in [1.82, 2.24) is 5.32 Å². The summed E-state index contributed by atoms with van der Waals surface area (Å²) in [4.78, 5) is 13.3. The van der Waals surface area contributed by atoms with E-state index in [0.717, 1.165) is 18.4 Å². The maximum atomic E-state index is 13.3. The number of hydrogen-bond acceptors (Lipinski definition) is 3. The van der Waals surface area contributed by atoms with Crippen molar-refractivity contribution in [3.8, 4) is 0 Å². The van der Waals surface area contributed by atoms with Crippen molar-refractivity contribution < 1.29 is 13.2 Å². The molecule has 4 nitrogen and oxygen atoms in total. The second-order valence-corrected chi connectivity index (χ2v) is 9.46. The van der Waals surface area contributed by atoms with Crippen molar-refractivity contribution in [1.29, 1.82) is 0 Å². The fourth-order valence-corrected chi connectivity index (χ4v) is 5.87. The van der Waals surface area contributed by atoms with E-state index in [9.17, 15) is 13.2 Å². The van der Waals surface area contributed by atoms with Crippen LogP contribution >= 0.6 is 11.6 Å². The van der Waals surface area contributed by atoms with E-state index in [1.807, 2.05) is 19.1 Å². The van der Waals surface area contributed by atoms with Gasteiger partial charge in [0.1, 0.15) is 0 Å². The molecule has 0 aliphatic heterocycles. The van der Waals surface area contributed by atoms with Gasteiger partial charge in [-0.3, -0.25) is 4.79 Å². The van der Waals surface area contributed by atoms with Crippen LogP contribution < -0.4 is 5.32 Å². The first-order valence-electron chi connectivity index (χ1n) is 8.73. The second-order valence-electron chi connectivity index (χ2n) is 6.77. The predicted octanol–water partition coefficient (Wildman–Crippen LogP) is 4.30. The number of rotatable bonds is 5. The van der Waals surface area contributed by atoms with Gasteiger partial charge >= 0.3 is 0 Å². The SMILES string of the molecule is CC(NC(=O)C1(S(=O)(=O)c2ccccc2)CCCC1)c1cccc(Cl)c1. The smallest absolute Gasteiger partial charge is 0.242 e. The van der Waals surface area contributed by atoms with E-state index in [2.05, 4.69) is 5.32 Å². The first-order valence-corrected chi connectivity index (χ1v) is 10.6. The summed E-state index contributed by atoms with van der Waals surface area (Å²) in [6.45, 7) is 1.83. The fraction of sp³-hybridized carbons (Fsp3) is 0.350. The van der Waals surface area contributed by atoms with E-state index >= 15 is 0 Å². The number of sulfone groups is 1. The molecule has 0 saturated heterocycles. The molecular formula is C20H22ClNO3S. The van der Waals surface area contributed by atoms with Crippen molar-refractivity contribution in [2.75, 3.05) is 0 Å². The number of nitrogens with one attached hydrogen (secondary N) is 1. The highest BCUT2D eigenvalue weighted by molar-refractivity contribution is 7.93. The Hall–Kier alpha value is -1.85. The van der Waals surface area contributed by atoms with Gasteiger partial charge in [-0.2, -0.15) is 0 Å². The van der Waals surface area contributed by atoms with Gasteiger partial charge in [-0.15, -0.1) is 0 Å². The van der Waals surface area contributed by atoms with Crippen molar-refractivity contribution in [3.05, 3.63) is 65.2 Å². The summed E-state index contributed by atoms with van der Waals surface area (Å²) in [5.41, 5.74) is 0.844. The van der Waals surface area contributed by atoms with Gasteiger partial charge in [0.2, 0.25) is 5.91 Å². The molecule has 1 fully saturated rings. The largest absolute Gasteiger partial charge is 0.348 e. The average molecular weight is 392 g/mol. The Balaban J connectivity index is 1.91. The first kappa shape index (κ1) is 18.9. The van der Waals surface area contributed by atoms with E-state index in [1.165, 1.54) is 0 Å². The van der Waals surface area contributed by atoms with E-state index in [0.29, 0.717) is 17.9 Å². The number of carbonyl (C=O) groups is 1. The Bertz CT molecular complexity index is 890. The molecule has 138 valence electrons. The number of carbonyl (C=O) groups excluding carboxylic acids is 1. The highest BCUT2D eigenvalue weighted by Crippen LogP contribution is 2.41. The molecule has 0 spiro atoms. The van der Waals surface area contributed by atoms with Crippen LogP contribution in [0.3, 0.4) is 0 Å². The van der Waals surface area contributed by atoms with Gasteiger partial charge in [-0.25, -0.2) is 8.42 Å². The molecule has 6 heteroatoms. The highest BCUT2D eigenvalue weighted by Gasteiger charge is 2.53. The Kier molecular flexibility index (Phi) is 5.39. The third kappa shape index (κ3) is 3.38. The molecule has 2 aromatic carbocycles. The van der Waals surface area contributed by atoms with Crippen LogP contribution in [-0.4, -0.2) is 19.1 Å². The van der Waals surface area contributed by atoms with Crippen LogP contribution in [-0.2, 0) is 14.6 Å². The Labute approximate surface area is 159 Å². The van der Waals surface area contributed by atoms with E-state index in [4.69, 9.17) is 11.6 Å². The molecule has 26 heavy (non-hydrogen) atoms. The van der Waals surface area contributed by atoms with Crippen LogP contribution in [0.2, 0.25) is 5.02 Å². The van der Waals surface area contributed by atoms with Gasteiger partial charge < -0.3 is 5.32 Å². The third-order valence-electron chi connectivity index (χ3n) is 5.09. The summed E-state index contributed by atoms with van der Waals surface area (Å²) < 4.78 is 25.2. The first-order chi connectivity index (χ1) is 12.4. The highest BCUT2D eigenvalue weighted by atomic mass is 35.5. The average Bonchev–Trinajstić information content (AvgIpc) is 3.14. The molecule has 1 N–H and O–H groups in total. The summed E-state index contributed by atoms with van der Waals surface area (Å²) in [5.74, 6) is -0.425. The van der Waals surface area contributed by atoms with Gasteiger partial charge in [0.05, 0.1) is 10.9 Å². The van der Waals surface area contributed by atoms with E-state index in [-0.39, 0.29) is 10.9 Å². The molecule has 2 aromatic rings. The van der Waals surface area contributed by atoms with Crippen LogP contribution in [0.1, 0.15) is 44.2 Å². The molecule has 0 aromatic heterocycles. The Morgan fingerprint density at radius 1 is 1.08 bits per heavy atom. The lowest BCUT2D eigenvalue weighted by molar-refractivity contribution is -0.124. The van der Waals surface area contributed by atoms with Gasteiger partial charge in [0.15, 0.2) is 14.6 Å². The van der Waals surface area contributed by atoms with Crippen LogP contribution in [0.4, 0.5) is 0 Å². The molecule has 0 heterocycles. The quantitative estimate of drug-likeness (QED) is 0.826. The molecule has 3 rings (SSSR count). The molecule has 1 saturated carbocycles. The van der Waals surface area contributed by atoms with Gasteiger partial charge in [0.25, 0.3) is 0 Å². The number of benzene rings is 2. The molecule has 0 bridgehead atoms. The van der Waals surface area contributed by atoms with Crippen LogP contribution in [0.15, 0.2) is 59.5 Å². The summed E-state index contributed by atoms with van der Waals surface area (Å²) in [6, 6.07) is 15.1. The summed E-state index contributed by atoms with van der Waals surface area (Å²) in [5, 5.41) is 3.49. The summed E-state index contributed by atoms with van der Waals surface area (Å²) >= 11 is 6.02. The third-order valence-corrected chi connectivity index (χ3v) is 7.84. The lowest BCUT2D eigenvalue weighted by Gasteiger charge is -2.29. The minimum Gasteiger partial charge on any atom is -0.348 e. The Morgan fingerprint density at radius 2 is 1.73 bits per heavy atom. The number of amides is 1. The molecule has 1 aliphatic rings. The van der Waals surface area contributed by atoms with E-state index in [1.54, 1.807) is 42.5 Å². The summed E-state index contributed by atoms with van der Waals surface area (Å²) in [7, 11) is -3.77. The normalized spacial score (nSPS) is 17.6. The number of halogens is 1. The molecule has 1 aliphatic carbocycles. The second kappa shape index (κ2) is 7.41. The van der Waals surface area contributed by atoms with Gasteiger partial charge in [-0.1, -0.05) is 54.8 Å². The standard InChI is InChI=1S/C20H22ClNO3S/c1-15(16-8-7-9-17(21)14-16)22-19(23)20(12-5-6-13-20)26(24,25)18-10-3-2-4-11-18/h2-4,7-11,14-15H,5-6,12-13H2,1H3,(H,22,23). The molecule has 1 atom stereocenters. The van der Waals surface area contributed by atoms with Crippen LogP contribution in [0.25, 0.3) is 0 Å². The van der Waals surface area contributed by atoms with Crippen molar-refractivity contribution >= 4 is 27.3 Å². The van der Waals surface area contributed by atoms with Crippen LogP contribution in [0.5, 0.6) is 0 Å². The number of hydrogen-bond donors (Lipinski definition) is 1. The van der Waals surface area contributed by atoms with Gasteiger partial charge in [-0.05, 0) is 49.6 Å². The molecule has 1 amide bonds. The predicted molar refractivity (Wildman–Crippen MR) is 103 cm³/mol. The molecule has 1 unspecified atom stereocenters. The zero-order valence-electron chi connectivity index (χ0n) is 14.6. The topological polar surface area (TPSA) is 63.2 Å². The Morgan fingerprint density at radius 3 is 2.35 bits per heavy atom. The zero-order chi connectivity index (χ0) is 18.8. The fourth-order valence-electron chi connectivity index (χ4n) is 3.58. The maximum absolute atomic E-state index is 13.3. The lowest BCUT2D eigenvalue weighted by Crippen LogP contribution is -2.51. The lowest BCUT2D eigenvalue weighted by atomic mass is 10.0. The summed E-state index contributed by atoms with van der Waals surface area (Å²) in [6.07, 6.45) is 2.15. The van der Waals surface area contributed by atoms with Crippen molar-refractivity contribution in [3.63, 3.8) is 0 Å². The minimum atomic E-state index is -3.77. The minimum absolute atomic E-state index is 0.201. The van der Waals surface area contributed by atoms with E-state index < -0.39 is 20.5 Å². The van der Waals surface area contributed by atoms with Gasteiger partial charge in [0, 0.05) is 5.02 Å². The monoisotopic (exact) mass is 391 g/mol.